The Hall–Kier alpha value is -1.42. The lowest BCUT2D eigenvalue weighted by Gasteiger charge is -2.20. The van der Waals surface area contributed by atoms with E-state index in [1.54, 1.807) is 0 Å². The van der Waals surface area contributed by atoms with Gasteiger partial charge in [0.25, 0.3) is 0 Å². The molecular formula is C14H20N4. The number of imidazole rings is 1. The molecule has 4 heteroatoms. The van der Waals surface area contributed by atoms with Crippen LogP contribution in [0.3, 0.4) is 0 Å². The number of hydrogen-bond acceptors (Lipinski definition) is 3. The minimum absolute atomic E-state index is 0.651. The molecule has 1 aliphatic rings. The molecule has 1 fully saturated rings. The maximum atomic E-state index is 4.73. The first kappa shape index (κ1) is 11.7. The maximum Gasteiger partial charge on any atom is 0.153 e. The van der Waals surface area contributed by atoms with Crippen LogP contribution in [-0.4, -0.2) is 21.6 Å². The highest BCUT2D eigenvalue weighted by Gasteiger charge is 2.17. The minimum Gasteiger partial charge on any atom is -0.314 e. The quantitative estimate of drug-likeness (QED) is 0.902. The predicted molar refractivity (Wildman–Crippen MR) is 71.6 cm³/mol. The zero-order valence-electron chi connectivity index (χ0n) is 10.9. The van der Waals surface area contributed by atoms with Crippen LogP contribution >= 0.6 is 0 Å². The van der Waals surface area contributed by atoms with Crippen LogP contribution in [0.4, 0.5) is 0 Å². The van der Waals surface area contributed by atoms with Crippen molar-refractivity contribution < 1.29 is 0 Å². The van der Waals surface area contributed by atoms with Gasteiger partial charge >= 0.3 is 0 Å². The standard InChI is InChI=1S/C14H20N4/c1-15-9-12-10-18-14(16-12)8-7-13(17-18)11-5-3-2-4-6-11/h7-8,10-11,15H,2-6,9H2,1H3. The summed E-state index contributed by atoms with van der Waals surface area (Å²) < 4.78 is 1.93. The molecule has 0 radical (unpaired) electrons. The van der Waals surface area contributed by atoms with Gasteiger partial charge in [0.05, 0.1) is 17.6 Å². The molecule has 4 nitrogen and oxygen atoms in total. The van der Waals surface area contributed by atoms with Gasteiger partial charge in [-0.3, -0.25) is 0 Å². The number of nitrogens with zero attached hydrogens (tertiary/aromatic N) is 3. The molecule has 2 aromatic rings. The third-order valence-corrected chi connectivity index (χ3v) is 3.77. The van der Waals surface area contributed by atoms with Crippen LogP contribution in [0.25, 0.3) is 5.65 Å². The summed E-state index contributed by atoms with van der Waals surface area (Å²) in [5.41, 5.74) is 3.22. The fourth-order valence-electron chi connectivity index (χ4n) is 2.83. The highest BCUT2D eigenvalue weighted by atomic mass is 15.3. The van der Waals surface area contributed by atoms with Crippen LogP contribution < -0.4 is 5.32 Å². The summed E-state index contributed by atoms with van der Waals surface area (Å²) >= 11 is 0. The Morgan fingerprint density at radius 2 is 2.11 bits per heavy atom. The van der Waals surface area contributed by atoms with Crippen LogP contribution in [0, 0.1) is 0 Å². The fraction of sp³-hybridized carbons (Fsp3) is 0.571. The molecule has 1 aliphatic carbocycles. The van der Waals surface area contributed by atoms with Gasteiger partial charge in [0, 0.05) is 12.5 Å². The average molecular weight is 244 g/mol. The molecule has 2 heterocycles. The normalized spacial score (nSPS) is 17.4. The summed E-state index contributed by atoms with van der Waals surface area (Å²) in [5, 5.41) is 7.85. The summed E-state index contributed by atoms with van der Waals surface area (Å²) in [6, 6.07) is 4.25. The van der Waals surface area contributed by atoms with E-state index in [4.69, 9.17) is 5.10 Å². The molecule has 0 aromatic carbocycles. The Labute approximate surface area is 107 Å². The molecule has 0 aliphatic heterocycles. The Bertz CT molecular complexity index is 526. The van der Waals surface area contributed by atoms with Gasteiger partial charge in [-0.15, -0.1) is 0 Å². The smallest absolute Gasteiger partial charge is 0.153 e. The SMILES string of the molecule is CNCc1cn2nc(C3CCCCC3)ccc2n1. The number of rotatable bonds is 3. The van der Waals surface area contributed by atoms with Gasteiger partial charge in [0.2, 0.25) is 0 Å². The molecule has 0 spiro atoms. The van der Waals surface area contributed by atoms with E-state index in [9.17, 15) is 0 Å². The lowest BCUT2D eigenvalue weighted by molar-refractivity contribution is 0.433. The molecule has 0 unspecified atom stereocenters. The van der Waals surface area contributed by atoms with Gasteiger partial charge in [-0.05, 0) is 32.0 Å². The first-order chi connectivity index (χ1) is 8.86. The first-order valence-corrected chi connectivity index (χ1v) is 6.86. The monoisotopic (exact) mass is 244 g/mol. The third-order valence-electron chi connectivity index (χ3n) is 3.77. The molecule has 0 amide bonds. The van der Waals surface area contributed by atoms with Crippen LogP contribution in [0.1, 0.15) is 49.4 Å². The maximum absolute atomic E-state index is 4.73. The third kappa shape index (κ3) is 2.25. The first-order valence-electron chi connectivity index (χ1n) is 6.86. The highest BCUT2D eigenvalue weighted by molar-refractivity contribution is 5.39. The molecule has 1 saturated carbocycles. The Kier molecular flexibility index (Phi) is 3.28. The molecular weight excluding hydrogens is 224 g/mol. The zero-order chi connectivity index (χ0) is 12.4. The van der Waals surface area contributed by atoms with Crippen molar-refractivity contribution in [3.8, 4) is 0 Å². The van der Waals surface area contributed by atoms with Crippen LogP contribution in [0.5, 0.6) is 0 Å². The second-order valence-electron chi connectivity index (χ2n) is 5.16. The number of aromatic nitrogens is 3. The van der Waals surface area contributed by atoms with Crippen molar-refractivity contribution in [2.45, 2.75) is 44.6 Å². The fourth-order valence-corrected chi connectivity index (χ4v) is 2.83. The molecule has 0 atom stereocenters. The molecule has 2 aromatic heterocycles. The number of fused-ring (bicyclic) bond motifs is 1. The summed E-state index contributed by atoms with van der Waals surface area (Å²) in [6.45, 7) is 0.794. The van der Waals surface area contributed by atoms with E-state index >= 15 is 0 Å². The Balaban J connectivity index is 1.89. The van der Waals surface area contributed by atoms with Crippen LogP contribution in [0.15, 0.2) is 18.3 Å². The second-order valence-corrected chi connectivity index (χ2v) is 5.16. The lowest BCUT2D eigenvalue weighted by Crippen LogP contribution is -2.08. The average Bonchev–Trinajstić information content (AvgIpc) is 2.81. The molecule has 96 valence electrons. The van der Waals surface area contributed by atoms with E-state index in [1.165, 1.54) is 37.8 Å². The van der Waals surface area contributed by atoms with E-state index in [0.717, 1.165) is 17.9 Å². The summed E-state index contributed by atoms with van der Waals surface area (Å²) in [7, 11) is 1.94. The molecule has 0 bridgehead atoms. The van der Waals surface area contributed by atoms with Crippen molar-refractivity contribution >= 4 is 5.65 Å². The van der Waals surface area contributed by atoms with Crippen molar-refractivity contribution in [3.05, 3.63) is 29.7 Å². The number of nitrogens with one attached hydrogen (secondary N) is 1. The summed E-state index contributed by atoms with van der Waals surface area (Å²) in [5.74, 6) is 0.651. The topological polar surface area (TPSA) is 42.2 Å². The van der Waals surface area contributed by atoms with Gasteiger partial charge < -0.3 is 5.32 Å². The molecule has 18 heavy (non-hydrogen) atoms. The predicted octanol–water partition coefficient (Wildman–Crippen LogP) is 2.50. The Morgan fingerprint density at radius 1 is 1.28 bits per heavy atom. The van der Waals surface area contributed by atoms with Gasteiger partial charge in [-0.2, -0.15) is 5.10 Å². The van der Waals surface area contributed by atoms with Crippen molar-refractivity contribution in [3.63, 3.8) is 0 Å². The van der Waals surface area contributed by atoms with Crippen LogP contribution in [-0.2, 0) is 6.54 Å². The van der Waals surface area contributed by atoms with Crippen molar-refractivity contribution in [2.75, 3.05) is 7.05 Å². The van der Waals surface area contributed by atoms with Crippen molar-refractivity contribution in [1.82, 2.24) is 19.9 Å². The van der Waals surface area contributed by atoms with E-state index < -0.39 is 0 Å². The van der Waals surface area contributed by atoms with Gasteiger partial charge in [0.1, 0.15) is 0 Å². The summed E-state index contributed by atoms with van der Waals surface area (Å²) in [4.78, 5) is 4.53. The summed E-state index contributed by atoms with van der Waals surface area (Å²) in [6.07, 6.45) is 8.68. The van der Waals surface area contributed by atoms with Crippen LogP contribution in [0.2, 0.25) is 0 Å². The zero-order valence-corrected chi connectivity index (χ0v) is 10.9. The lowest BCUT2D eigenvalue weighted by atomic mass is 9.87. The van der Waals surface area contributed by atoms with E-state index in [0.29, 0.717) is 5.92 Å². The van der Waals surface area contributed by atoms with E-state index in [-0.39, 0.29) is 0 Å². The van der Waals surface area contributed by atoms with Gasteiger partial charge in [-0.25, -0.2) is 9.50 Å². The van der Waals surface area contributed by atoms with Crippen molar-refractivity contribution in [2.24, 2.45) is 0 Å². The largest absolute Gasteiger partial charge is 0.314 e. The van der Waals surface area contributed by atoms with E-state index in [1.807, 2.05) is 17.8 Å². The molecule has 0 saturated heterocycles. The van der Waals surface area contributed by atoms with E-state index in [2.05, 4.69) is 22.4 Å². The minimum atomic E-state index is 0.651. The van der Waals surface area contributed by atoms with Gasteiger partial charge in [-0.1, -0.05) is 19.3 Å². The molecule has 1 N–H and O–H groups in total. The van der Waals surface area contributed by atoms with Gasteiger partial charge in [0.15, 0.2) is 5.65 Å². The Morgan fingerprint density at radius 3 is 2.89 bits per heavy atom. The molecule has 3 rings (SSSR count). The van der Waals surface area contributed by atoms with Crippen molar-refractivity contribution in [1.29, 1.82) is 0 Å². The number of hydrogen-bond donors (Lipinski definition) is 1. The highest BCUT2D eigenvalue weighted by Crippen LogP contribution is 2.31. The second kappa shape index (κ2) is 5.06.